The van der Waals surface area contributed by atoms with E-state index in [2.05, 4.69) is 9.47 Å². The summed E-state index contributed by atoms with van der Waals surface area (Å²) >= 11 is 0. The maximum Gasteiger partial charge on any atom is 0.426 e. The van der Waals surface area contributed by atoms with Gasteiger partial charge in [-0.25, -0.2) is 0 Å². The second-order valence-electron chi connectivity index (χ2n) is 8.80. The number of hydrogen-bond donors (Lipinski definition) is 1. The Balaban J connectivity index is 2.97. The van der Waals surface area contributed by atoms with Crippen LogP contribution in [0.25, 0.3) is 0 Å². The van der Waals surface area contributed by atoms with Crippen LogP contribution in [0, 0.1) is 35.5 Å². The molecule has 2 aliphatic carbocycles. The van der Waals surface area contributed by atoms with Gasteiger partial charge in [0.15, 0.2) is 0 Å². The Morgan fingerprint density at radius 2 is 1.06 bits per heavy atom. The first-order chi connectivity index (χ1) is 15.2. The van der Waals surface area contributed by atoms with E-state index in [0.717, 1.165) is 0 Å². The quantitative estimate of drug-likeness (QED) is 0.313. The number of fused-ring (bicyclic) bond motifs is 2. The highest BCUT2D eigenvalue weighted by molar-refractivity contribution is 5.20. The Morgan fingerprint density at radius 1 is 0.676 bits per heavy atom. The summed E-state index contributed by atoms with van der Waals surface area (Å²) in [5.41, 5.74) is -11.3. The average molecular weight is 528 g/mol. The lowest BCUT2D eigenvalue weighted by molar-refractivity contribution is -0.441. The fourth-order valence-corrected chi connectivity index (χ4v) is 6.48. The van der Waals surface area contributed by atoms with Crippen molar-refractivity contribution >= 4 is 0 Å². The summed E-state index contributed by atoms with van der Waals surface area (Å²) in [4.78, 5) is 0. The van der Waals surface area contributed by atoms with Crippen molar-refractivity contribution < 1.29 is 67.3 Å². The summed E-state index contributed by atoms with van der Waals surface area (Å²) in [6.07, 6.45) is -27.2. The SMILES string of the molecule is CCC1C(CC)C2CC1C(C(O)(C(F)(F)F)C(F)(F)F)C2C(OCOC)(C(F)(F)F)C(F)(F)F. The number of alkyl halides is 12. The van der Waals surface area contributed by atoms with Crippen LogP contribution in [0.5, 0.6) is 0 Å². The highest BCUT2D eigenvalue weighted by Crippen LogP contribution is 2.72. The van der Waals surface area contributed by atoms with Crippen LogP contribution in [-0.2, 0) is 9.47 Å². The molecule has 0 aromatic rings. The summed E-state index contributed by atoms with van der Waals surface area (Å²) in [5.74, 6) is -12.9. The molecular weight excluding hydrogens is 504 g/mol. The zero-order valence-electron chi connectivity index (χ0n) is 18.1. The van der Waals surface area contributed by atoms with Crippen LogP contribution in [0.2, 0.25) is 0 Å². The van der Waals surface area contributed by atoms with E-state index in [4.69, 9.17) is 0 Å². The Labute approximate surface area is 186 Å². The number of aliphatic hydroxyl groups is 1. The third kappa shape index (κ3) is 3.97. The molecule has 202 valence electrons. The van der Waals surface area contributed by atoms with Gasteiger partial charge in [0.1, 0.15) is 6.79 Å². The first kappa shape index (κ1) is 29.3. The highest BCUT2D eigenvalue weighted by Gasteiger charge is 2.87. The summed E-state index contributed by atoms with van der Waals surface area (Å²) < 4.78 is 176. The molecule has 0 radical (unpaired) electrons. The molecule has 2 aliphatic rings. The van der Waals surface area contributed by atoms with Gasteiger partial charge in [0.25, 0.3) is 11.2 Å². The molecule has 15 heteroatoms. The van der Waals surface area contributed by atoms with Crippen molar-refractivity contribution in [3.63, 3.8) is 0 Å². The molecule has 2 fully saturated rings. The van der Waals surface area contributed by atoms with Crippen molar-refractivity contribution in [2.45, 2.75) is 69.0 Å². The van der Waals surface area contributed by atoms with E-state index in [1.807, 2.05) is 0 Å². The van der Waals surface area contributed by atoms with Gasteiger partial charge in [0, 0.05) is 18.9 Å². The molecule has 1 N–H and O–H groups in total. The van der Waals surface area contributed by atoms with E-state index in [0.29, 0.717) is 7.11 Å². The molecule has 0 saturated heterocycles. The number of methoxy groups -OCH3 is 1. The van der Waals surface area contributed by atoms with Crippen LogP contribution in [0.3, 0.4) is 0 Å². The molecule has 2 saturated carbocycles. The summed E-state index contributed by atoms with van der Waals surface area (Å²) in [7, 11) is 0.638. The third-order valence-electron chi connectivity index (χ3n) is 7.51. The van der Waals surface area contributed by atoms with E-state index in [9.17, 15) is 57.8 Å². The lowest BCUT2D eigenvalue weighted by Crippen LogP contribution is -2.73. The fraction of sp³-hybridized carbons (Fsp3) is 1.00. The minimum absolute atomic E-state index is 0.0879. The van der Waals surface area contributed by atoms with Gasteiger partial charge < -0.3 is 14.6 Å². The molecule has 2 bridgehead atoms. The maximum atomic E-state index is 14.2. The lowest BCUT2D eigenvalue weighted by Gasteiger charge is -2.54. The van der Waals surface area contributed by atoms with E-state index >= 15 is 0 Å². The van der Waals surface area contributed by atoms with E-state index in [-0.39, 0.29) is 12.8 Å². The Kier molecular flexibility index (Phi) is 7.62. The monoisotopic (exact) mass is 528 g/mol. The second kappa shape index (κ2) is 8.86. The van der Waals surface area contributed by atoms with E-state index in [1.54, 1.807) is 0 Å². The van der Waals surface area contributed by atoms with Crippen LogP contribution in [0.1, 0.15) is 33.1 Å². The summed E-state index contributed by atoms with van der Waals surface area (Å²) in [5, 5.41) is 10.1. The van der Waals surface area contributed by atoms with E-state index in [1.165, 1.54) is 13.8 Å². The highest BCUT2D eigenvalue weighted by atomic mass is 19.4. The van der Waals surface area contributed by atoms with Crippen LogP contribution in [-0.4, -0.2) is 54.9 Å². The number of halogens is 12. The minimum Gasteiger partial charge on any atom is -0.373 e. The van der Waals surface area contributed by atoms with Crippen molar-refractivity contribution in [2.75, 3.05) is 13.9 Å². The molecule has 6 atom stereocenters. The minimum atomic E-state index is -6.62. The maximum absolute atomic E-state index is 14.2. The van der Waals surface area contributed by atoms with Gasteiger partial charge in [-0.2, -0.15) is 52.7 Å². The fourth-order valence-electron chi connectivity index (χ4n) is 6.48. The summed E-state index contributed by atoms with van der Waals surface area (Å²) in [6.45, 7) is 1.02. The average Bonchev–Trinajstić information content (AvgIpc) is 3.19. The van der Waals surface area contributed by atoms with Crippen molar-refractivity contribution in [3.05, 3.63) is 0 Å². The van der Waals surface area contributed by atoms with Crippen molar-refractivity contribution in [2.24, 2.45) is 35.5 Å². The summed E-state index contributed by atoms with van der Waals surface area (Å²) in [6, 6.07) is 0. The van der Waals surface area contributed by atoms with Gasteiger partial charge in [-0.05, 0) is 30.1 Å². The molecule has 34 heavy (non-hydrogen) atoms. The second-order valence-corrected chi connectivity index (χ2v) is 8.80. The largest absolute Gasteiger partial charge is 0.426 e. The van der Waals surface area contributed by atoms with Crippen molar-refractivity contribution in [1.82, 2.24) is 0 Å². The molecular formula is C19H24F12O3. The standard InChI is InChI=1S/C19H24F12O3/c1-4-8-9(5-2)11-6-10(8)12(14(32,16(20,21)22)17(23,24)25)13(11)15(18(26,27)28,19(29,30)31)34-7-33-3/h8-13,32H,4-7H2,1-3H3. The lowest BCUT2D eigenvalue weighted by atomic mass is 9.56. The van der Waals surface area contributed by atoms with Gasteiger partial charge in [0.05, 0.1) is 0 Å². The predicted octanol–water partition coefficient (Wildman–Crippen LogP) is 6.26. The molecule has 6 unspecified atom stereocenters. The first-order valence-electron chi connectivity index (χ1n) is 10.3. The zero-order chi connectivity index (χ0) is 26.7. The molecule has 0 amide bonds. The van der Waals surface area contributed by atoms with Crippen LogP contribution in [0.15, 0.2) is 0 Å². The first-order valence-corrected chi connectivity index (χ1v) is 10.3. The van der Waals surface area contributed by atoms with E-state index < -0.39 is 84.6 Å². The van der Waals surface area contributed by atoms with Gasteiger partial charge in [-0.3, -0.25) is 0 Å². The number of rotatable bonds is 7. The van der Waals surface area contributed by atoms with Gasteiger partial charge in [-0.15, -0.1) is 0 Å². The molecule has 0 spiro atoms. The van der Waals surface area contributed by atoms with Gasteiger partial charge >= 0.3 is 24.7 Å². The van der Waals surface area contributed by atoms with Crippen LogP contribution >= 0.6 is 0 Å². The van der Waals surface area contributed by atoms with Gasteiger partial charge in [0.2, 0.25) is 0 Å². The molecule has 3 nitrogen and oxygen atoms in total. The van der Waals surface area contributed by atoms with Crippen LogP contribution in [0.4, 0.5) is 52.7 Å². The topological polar surface area (TPSA) is 38.7 Å². The Hall–Kier alpha value is -0.960. The molecule has 2 rings (SSSR count). The smallest absolute Gasteiger partial charge is 0.373 e. The van der Waals surface area contributed by atoms with Crippen molar-refractivity contribution in [1.29, 1.82) is 0 Å². The van der Waals surface area contributed by atoms with Gasteiger partial charge in [-0.1, -0.05) is 26.7 Å². The molecule has 0 aromatic heterocycles. The Morgan fingerprint density at radius 3 is 1.35 bits per heavy atom. The van der Waals surface area contributed by atoms with Crippen LogP contribution < -0.4 is 0 Å². The predicted molar refractivity (Wildman–Crippen MR) is 91.0 cm³/mol. The number of hydrogen-bond acceptors (Lipinski definition) is 3. The Bertz CT molecular complexity index is 683. The molecule has 0 aromatic carbocycles. The number of ether oxygens (including phenoxy) is 2. The zero-order valence-corrected chi connectivity index (χ0v) is 18.1. The normalized spacial score (nSPS) is 31.4. The molecule has 0 aliphatic heterocycles. The molecule has 0 heterocycles. The third-order valence-corrected chi connectivity index (χ3v) is 7.51. The van der Waals surface area contributed by atoms with Crippen molar-refractivity contribution in [3.8, 4) is 0 Å².